The fourth-order valence-corrected chi connectivity index (χ4v) is 2.20. The lowest BCUT2D eigenvalue weighted by molar-refractivity contribution is -0.130. The molecule has 2 N–H and O–H groups in total. The number of likely N-dealkylation sites (N-methyl/N-ethyl adjacent to an activating group) is 1. The molecular weight excluding hydrogens is 262 g/mol. The van der Waals surface area contributed by atoms with Crippen LogP contribution in [0.4, 0.5) is 0 Å². The van der Waals surface area contributed by atoms with E-state index >= 15 is 0 Å². The van der Waals surface area contributed by atoms with Crippen LogP contribution in [0, 0.1) is 5.92 Å². The summed E-state index contributed by atoms with van der Waals surface area (Å²) in [5.41, 5.74) is 7.79. The van der Waals surface area contributed by atoms with Crippen LogP contribution in [0.5, 0.6) is 0 Å². The van der Waals surface area contributed by atoms with E-state index in [-0.39, 0.29) is 11.8 Å². The molecule has 0 bridgehead atoms. The highest BCUT2D eigenvalue weighted by molar-refractivity contribution is 6.04. The molecule has 1 amide bonds. The number of aliphatic imine (C=N–C) groups is 1. The molecule has 1 aliphatic heterocycles. The Labute approximate surface area is 125 Å². The van der Waals surface area contributed by atoms with Crippen molar-refractivity contribution in [3.63, 3.8) is 0 Å². The second-order valence-electron chi connectivity index (χ2n) is 5.15. The Hall–Kier alpha value is -2.20. The average Bonchev–Trinajstić information content (AvgIpc) is 2.52. The molecule has 4 nitrogen and oxygen atoms in total. The van der Waals surface area contributed by atoms with Crippen LogP contribution in [0.3, 0.4) is 0 Å². The van der Waals surface area contributed by atoms with Crippen molar-refractivity contribution in [2.45, 2.75) is 13.1 Å². The Morgan fingerprint density at radius 2 is 1.95 bits per heavy atom. The van der Waals surface area contributed by atoms with E-state index in [1.807, 2.05) is 48.6 Å². The van der Waals surface area contributed by atoms with Gasteiger partial charge in [-0.25, -0.2) is 0 Å². The molecule has 0 fully saturated rings. The van der Waals surface area contributed by atoms with Gasteiger partial charge in [0.15, 0.2) is 6.17 Å². The maximum atomic E-state index is 12.2. The summed E-state index contributed by atoms with van der Waals surface area (Å²) in [6.07, 6.45) is 7.05. The lowest BCUT2D eigenvalue weighted by Crippen LogP contribution is -2.41. The number of carbonyl (C=O) groups excluding carboxylic acids is 1. The highest BCUT2D eigenvalue weighted by atomic mass is 16.2. The van der Waals surface area contributed by atoms with Gasteiger partial charge in [0, 0.05) is 19.5 Å². The zero-order valence-corrected chi connectivity index (χ0v) is 12.4. The number of carbonyl (C=O) groups is 1. The largest absolute Gasteiger partial charge is 0.339 e. The smallest absolute Gasteiger partial charge is 0.261 e. The number of hydrogen-bond donors (Lipinski definition) is 1. The Morgan fingerprint density at radius 3 is 2.67 bits per heavy atom. The minimum Gasteiger partial charge on any atom is -0.339 e. The molecule has 21 heavy (non-hydrogen) atoms. The molecule has 2 rings (SSSR count). The first kappa shape index (κ1) is 15.2. The quantitative estimate of drug-likeness (QED) is 0.856. The van der Waals surface area contributed by atoms with E-state index in [2.05, 4.69) is 18.0 Å². The Morgan fingerprint density at radius 1 is 1.24 bits per heavy atom. The van der Waals surface area contributed by atoms with Gasteiger partial charge in [-0.1, -0.05) is 61.6 Å². The molecule has 0 radical (unpaired) electrons. The molecule has 1 aromatic rings. The number of nitrogens with zero attached hydrogens (tertiary/aromatic N) is 2. The van der Waals surface area contributed by atoms with Crippen molar-refractivity contribution in [2.24, 2.45) is 16.6 Å². The molecule has 0 aliphatic carbocycles. The summed E-state index contributed by atoms with van der Waals surface area (Å²) < 4.78 is 0. The first-order chi connectivity index (χ1) is 10.1. The third kappa shape index (κ3) is 3.89. The summed E-state index contributed by atoms with van der Waals surface area (Å²) >= 11 is 0. The van der Waals surface area contributed by atoms with Crippen LogP contribution < -0.4 is 5.73 Å². The van der Waals surface area contributed by atoms with E-state index in [4.69, 9.17) is 5.73 Å². The number of amides is 1. The highest BCUT2D eigenvalue weighted by Gasteiger charge is 2.19. The third-order valence-corrected chi connectivity index (χ3v) is 3.43. The van der Waals surface area contributed by atoms with Gasteiger partial charge in [0.25, 0.3) is 5.91 Å². The first-order valence-corrected chi connectivity index (χ1v) is 7.06. The number of rotatable bonds is 1. The predicted octanol–water partition coefficient (Wildman–Crippen LogP) is 1.98. The maximum Gasteiger partial charge on any atom is 0.261 e. The van der Waals surface area contributed by atoms with Gasteiger partial charge in [0.2, 0.25) is 0 Å². The Balaban J connectivity index is 2.44. The molecule has 1 heterocycles. The predicted molar refractivity (Wildman–Crippen MR) is 86.0 cm³/mol. The molecule has 4 heteroatoms. The van der Waals surface area contributed by atoms with Crippen molar-refractivity contribution >= 4 is 11.6 Å². The van der Waals surface area contributed by atoms with E-state index < -0.39 is 6.17 Å². The van der Waals surface area contributed by atoms with Crippen molar-refractivity contribution < 1.29 is 4.79 Å². The van der Waals surface area contributed by atoms with Gasteiger partial charge >= 0.3 is 0 Å². The summed E-state index contributed by atoms with van der Waals surface area (Å²) in [5, 5.41) is 0. The lowest BCUT2D eigenvalue weighted by Gasteiger charge is -2.19. The zero-order chi connectivity index (χ0) is 15.2. The van der Waals surface area contributed by atoms with Crippen molar-refractivity contribution in [2.75, 3.05) is 13.6 Å². The molecule has 0 saturated carbocycles. The topological polar surface area (TPSA) is 58.7 Å². The van der Waals surface area contributed by atoms with Crippen LogP contribution >= 0.6 is 0 Å². The summed E-state index contributed by atoms with van der Waals surface area (Å²) in [4.78, 5) is 18.3. The third-order valence-electron chi connectivity index (χ3n) is 3.43. The monoisotopic (exact) mass is 283 g/mol. The van der Waals surface area contributed by atoms with Crippen LogP contribution in [0.2, 0.25) is 0 Å². The number of benzene rings is 1. The molecule has 110 valence electrons. The summed E-state index contributed by atoms with van der Waals surface area (Å²) in [6.45, 7) is 2.58. The van der Waals surface area contributed by atoms with Crippen LogP contribution in [0.1, 0.15) is 12.5 Å². The van der Waals surface area contributed by atoms with E-state index in [1.165, 1.54) is 0 Å². The summed E-state index contributed by atoms with van der Waals surface area (Å²) in [5.74, 6) is -0.0958. The van der Waals surface area contributed by atoms with Gasteiger partial charge in [-0.15, -0.1) is 0 Å². The fourth-order valence-electron chi connectivity index (χ4n) is 2.20. The number of hydrogen-bond acceptors (Lipinski definition) is 3. The highest BCUT2D eigenvalue weighted by Crippen LogP contribution is 2.13. The average molecular weight is 283 g/mol. The van der Waals surface area contributed by atoms with Gasteiger partial charge in [-0.3, -0.25) is 9.79 Å². The second-order valence-corrected chi connectivity index (χ2v) is 5.15. The first-order valence-electron chi connectivity index (χ1n) is 7.06. The van der Waals surface area contributed by atoms with Crippen LogP contribution in [-0.4, -0.2) is 36.3 Å². The van der Waals surface area contributed by atoms with Crippen LogP contribution in [0.25, 0.3) is 0 Å². The summed E-state index contributed by atoms with van der Waals surface area (Å²) in [6, 6.07) is 9.84. The van der Waals surface area contributed by atoms with Gasteiger partial charge in [-0.05, 0) is 5.56 Å². The van der Waals surface area contributed by atoms with E-state index in [9.17, 15) is 4.79 Å². The lowest BCUT2D eigenvalue weighted by atomic mass is 9.97. The van der Waals surface area contributed by atoms with E-state index in [0.29, 0.717) is 6.54 Å². The second kappa shape index (κ2) is 6.99. The normalized spacial score (nSPS) is 29.2. The molecule has 1 aliphatic rings. The number of nitrogens with two attached hydrogens (primary N) is 1. The fraction of sp³-hybridized carbons (Fsp3) is 0.294. The van der Waals surface area contributed by atoms with Crippen LogP contribution in [-0.2, 0) is 4.79 Å². The minimum atomic E-state index is -0.868. The molecule has 2 atom stereocenters. The molecule has 0 spiro atoms. The molecule has 1 aromatic carbocycles. The van der Waals surface area contributed by atoms with Gasteiger partial charge in [-0.2, -0.15) is 0 Å². The maximum absolute atomic E-state index is 12.2. The van der Waals surface area contributed by atoms with E-state index in [0.717, 1.165) is 11.3 Å². The minimum absolute atomic E-state index is 0.0827. The summed E-state index contributed by atoms with van der Waals surface area (Å²) in [7, 11) is 1.73. The van der Waals surface area contributed by atoms with Crippen LogP contribution in [0.15, 0.2) is 59.6 Å². The zero-order valence-electron chi connectivity index (χ0n) is 12.4. The van der Waals surface area contributed by atoms with Crippen molar-refractivity contribution in [1.82, 2.24) is 4.90 Å². The van der Waals surface area contributed by atoms with Crippen molar-refractivity contribution in [3.05, 3.63) is 60.2 Å². The van der Waals surface area contributed by atoms with Gasteiger partial charge in [0.05, 0.1) is 5.71 Å². The number of allylic oxidation sites excluding steroid dienone is 3. The SMILES string of the molecule is CC1/C=C\C=C/CN(C)C(=O)C(N)/N=C\1c1ccccc1. The van der Waals surface area contributed by atoms with Crippen molar-refractivity contribution in [3.8, 4) is 0 Å². The molecular formula is C17H21N3O. The van der Waals surface area contributed by atoms with Crippen molar-refractivity contribution in [1.29, 1.82) is 0 Å². The van der Waals surface area contributed by atoms with E-state index in [1.54, 1.807) is 11.9 Å². The molecule has 0 aromatic heterocycles. The van der Waals surface area contributed by atoms with Gasteiger partial charge < -0.3 is 10.6 Å². The van der Waals surface area contributed by atoms with Gasteiger partial charge in [0.1, 0.15) is 0 Å². The molecule has 0 saturated heterocycles. The Bertz CT molecular complexity index is 575. The Kier molecular flexibility index (Phi) is 5.06. The molecule has 2 unspecified atom stereocenters. The standard InChI is InChI=1S/C17H21N3O/c1-13-9-5-4-8-12-20(2)17(21)16(18)19-15(13)14-10-6-3-7-11-14/h3-11,13,16H,12,18H2,1-2H3/b8-4-,9-5-,19-15+.